The van der Waals surface area contributed by atoms with Crippen molar-refractivity contribution in [2.24, 2.45) is 0 Å². The molecule has 0 aliphatic rings. The summed E-state index contributed by atoms with van der Waals surface area (Å²) in [5, 5.41) is 3.52. The summed E-state index contributed by atoms with van der Waals surface area (Å²) < 4.78 is 26.7. The van der Waals surface area contributed by atoms with Gasteiger partial charge in [0.2, 0.25) is 21.8 Å². The molecule has 37 heavy (non-hydrogen) atoms. The molecule has 0 heterocycles. The van der Waals surface area contributed by atoms with Crippen LogP contribution in [0, 0.1) is 0 Å². The highest BCUT2D eigenvalue weighted by molar-refractivity contribution is 7.92. The largest absolute Gasteiger partial charge is 0.352 e. The third-order valence-corrected chi connectivity index (χ3v) is 7.75. The van der Waals surface area contributed by atoms with Crippen molar-refractivity contribution >= 4 is 39.1 Å². The topological polar surface area (TPSA) is 86.8 Å². The summed E-state index contributed by atoms with van der Waals surface area (Å²) in [5.41, 5.74) is 2.13. The van der Waals surface area contributed by atoms with Gasteiger partial charge in [0, 0.05) is 17.6 Å². The summed E-state index contributed by atoms with van der Waals surface area (Å²) in [7, 11) is -3.78. The molecule has 0 aliphatic carbocycles. The van der Waals surface area contributed by atoms with Crippen LogP contribution in [-0.4, -0.2) is 50.0 Å². The molecule has 0 radical (unpaired) electrons. The van der Waals surface area contributed by atoms with Crippen LogP contribution in [0.25, 0.3) is 0 Å². The number of carbonyl (C=O) groups is 2. The third kappa shape index (κ3) is 8.75. The Balaban J connectivity index is 2.44. The quantitative estimate of drug-likeness (QED) is 0.421. The lowest BCUT2D eigenvalue weighted by Crippen LogP contribution is -2.53. The maximum Gasteiger partial charge on any atom is 0.244 e. The second-order valence-corrected chi connectivity index (χ2v) is 12.8. The summed E-state index contributed by atoms with van der Waals surface area (Å²) in [6, 6.07) is 13.4. The van der Waals surface area contributed by atoms with E-state index in [1.807, 2.05) is 32.9 Å². The van der Waals surface area contributed by atoms with E-state index in [0.717, 1.165) is 28.1 Å². The SMILES string of the molecule is CCC(C)NC(=O)C(CC)N(Cc1ccc(Cl)cc1)C(=O)CN(c1ccc(C(C)(C)C)cc1)S(C)(=O)=O. The molecule has 0 aromatic heterocycles. The molecule has 2 aromatic rings. The first kappa shape index (κ1) is 30.6. The fourth-order valence-corrected chi connectivity index (χ4v) is 4.86. The van der Waals surface area contributed by atoms with Crippen LogP contribution >= 0.6 is 11.6 Å². The first-order valence-electron chi connectivity index (χ1n) is 12.6. The summed E-state index contributed by atoms with van der Waals surface area (Å²) in [6.07, 6.45) is 2.20. The Labute approximate surface area is 227 Å². The number of hydrogen-bond acceptors (Lipinski definition) is 4. The minimum atomic E-state index is -3.78. The molecule has 0 bridgehead atoms. The first-order chi connectivity index (χ1) is 17.2. The smallest absolute Gasteiger partial charge is 0.244 e. The van der Waals surface area contributed by atoms with Crippen LogP contribution in [0.4, 0.5) is 5.69 Å². The van der Waals surface area contributed by atoms with Gasteiger partial charge >= 0.3 is 0 Å². The molecule has 0 aliphatic heterocycles. The van der Waals surface area contributed by atoms with E-state index in [-0.39, 0.29) is 23.9 Å². The Morgan fingerprint density at radius 2 is 1.54 bits per heavy atom. The van der Waals surface area contributed by atoms with Crippen molar-refractivity contribution in [1.29, 1.82) is 0 Å². The van der Waals surface area contributed by atoms with Gasteiger partial charge in [-0.05, 0) is 60.6 Å². The maximum atomic E-state index is 13.7. The molecule has 2 amide bonds. The molecule has 2 aromatic carbocycles. The Morgan fingerprint density at radius 3 is 2.00 bits per heavy atom. The Hall–Kier alpha value is -2.58. The number of nitrogens with one attached hydrogen (secondary N) is 1. The molecular formula is C28H40ClN3O4S. The van der Waals surface area contributed by atoms with Gasteiger partial charge in [0.25, 0.3) is 0 Å². The summed E-state index contributed by atoms with van der Waals surface area (Å²) >= 11 is 6.03. The Morgan fingerprint density at radius 1 is 0.973 bits per heavy atom. The van der Waals surface area contributed by atoms with Crippen molar-refractivity contribution < 1.29 is 18.0 Å². The monoisotopic (exact) mass is 549 g/mol. The van der Waals surface area contributed by atoms with Crippen LogP contribution in [0.5, 0.6) is 0 Å². The molecule has 0 fully saturated rings. The van der Waals surface area contributed by atoms with Crippen LogP contribution < -0.4 is 9.62 Å². The number of halogens is 1. The van der Waals surface area contributed by atoms with Gasteiger partial charge in [-0.1, -0.05) is 70.5 Å². The number of rotatable bonds is 11. The zero-order chi connectivity index (χ0) is 28.0. The zero-order valence-corrected chi connectivity index (χ0v) is 24.5. The van der Waals surface area contributed by atoms with E-state index >= 15 is 0 Å². The average Bonchev–Trinajstić information content (AvgIpc) is 2.82. The van der Waals surface area contributed by atoms with Crippen LogP contribution in [-0.2, 0) is 31.6 Å². The highest BCUT2D eigenvalue weighted by atomic mass is 35.5. The fourth-order valence-electron chi connectivity index (χ4n) is 3.89. The van der Waals surface area contributed by atoms with Gasteiger partial charge in [0.1, 0.15) is 12.6 Å². The van der Waals surface area contributed by atoms with Gasteiger partial charge in [-0.3, -0.25) is 13.9 Å². The van der Waals surface area contributed by atoms with Crippen molar-refractivity contribution in [3.8, 4) is 0 Å². The predicted molar refractivity (Wildman–Crippen MR) is 151 cm³/mol. The lowest BCUT2D eigenvalue weighted by Gasteiger charge is -2.33. The number of sulfonamides is 1. The molecule has 2 atom stereocenters. The highest BCUT2D eigenvalue weighted by Gasteiger charge is 2.32. The number of benzene rings is 2. The Kier molecular flexibility index (Phi) is 10.6. The van der Waals surface area contributed by atoms with Crippen LogP contribution in [0.1, 0.15) is 65.5 Å². The summed E-state index contributed by atoms with van der Waals surface area (Å²) in [6.45, 7) is 11.7. The van der Waals surface area contributed by atoms with E-state index in [4.69, 9.17) is 11.6 Å². The van der Waals surface area contributed by atoms with E-state index in [0.29, 0.717) is 17.1 Å². The molecule has 0 spiro atoms. The number of amides is 2. The highest BCUT2D eigenvalue weighted by Crippen LogP contribution is 2.26. The van der Waals surface area contributed by atoms with Crippen molar-refractivity contribution in [1.82, 2.24) is 10.2 Å². The Bertz CT molecular complexity index is 1160. The van der Waals surface area contributed by atoms with E-state index in [2.05, 4.69) is 26.1 Å². The second-order valence-electron chi connectivity index (χ2n) is 10.5. The van der Waals surface area contributed by atoms with Gasteiger partial charge in [-0.25, -0.2) is 8.42 Å². The van der Waals surface area contributed by atoms with Gasteiger partial charge < -0.3 is 10.2 Å². The maximum absolute atomic E-state index is 13.7. The molecule has 0 saturated heterocycles. The van der Waals surface area contributed by atoms with Gasteiger partial charge in [0.05, 0.1) is 11.9 Å². The van der Waals surface area contributed by atoms with Crippen molar-refractivity contribution in [2.45, 2.75) is 78.4 Å². The zero-order valence-electron chi connectivity index (χ0n) is 22.9. The number of nitrogens with zero attached hydrogens (tertiary/aromatic N) is 2. The summed E-state index contributed by atoms with van der Waals surface area (Å²) in [4.78, 5) is 28.4. The van der Waals surface area contributed by atoms with Crippen LogP contribution in [0.2, 0.25) is 5.02 Å². The molecule has 2 unspecified atom stereocenters. The normalized spacial score (nSPS) is 13.5. The fraction of sp³-hybridized carbons (Fsp3) is 0.500. The first-order valence-corrected chi connectivity index (χ1v) is 14.8. The minimum Gasteiger partial charge on any atom is -0.352 e. The van der Waals surface area contributed by atoms with Crippen LogP contribution in [0.3, 0.4) is 0 Å². The van der Waals surface area contributed by atoms with E-state index in [1.165, 1.54) is 4.90 Å². The predicted octanol–water partition coefficient (Wildman–Crippen LogP) is 5.13. The van der Waals surface area contributed by atoms with E-state index in [9.17, 15) is 18.0 Å². The van der Waals surface area contributed by atoms with Crippen molar-refractivity contribution in [3.05, 3.63) is 64.7 Å². The molecular weight excluding hydrogens is 510 g/mol. The lowest BCUT2D eigenvalue weighted by atomic mass is 9.87. The standard InChI is InChI=1S/C28H40ClN3O4S/c1-8-20(3)30-27(34)25(9-2)31(18-21-10-14-23(29)15-11-21)26(33)19-32(37(7,35)36)24-16-12-22(13-17-24)28(4,5)6/h10-17,20,25H,8-9,18-19H2,1-7H3,(H,30,34). The second kappa shape index (κ2) is 12.8. The number of hydrogen-bond donors (Lipinski definition) is 1. The van der Waals surface area contributed by atoms with Gasteiger partial charge in [-0.2, -0.15) is 0 Å². The molecule has 204 valence electrons. The molecule has 7 nitrogen and oxygen atoms in total. The lowest BCUT2D eigenvalue weighted by molar-refractivity contribution is -0.140. The molecule has 2 rings (SSSR count). The van der Waals surface area contributed by atoms with Gasteiger partial charge in [0.15, 0.2) is 0 Å². The number of anilines is 1. The van der Waals surface area contributed by atoms with E-state index in [1.54, 1.807) is 36.4 Å². The minimum absolute atomic E-state index is 0.0529. The molecule has 9 heteroatoms. The number of carbonyl (C=O) groups excluding carboxylic acids is 2. The van der Waals surface area contributed by atoms with Gasteiger partial charge in [-0.15, -0.1) is 0 Å². The third-order valence-electron chi connectivity index (χ3n) is 6.35. The van der Waals surface area contributed by atoms with Crippen LogP contribution in [0.15, 0.2) is 48.5 Å². The van der Waals surface area contributed by atoms with Crippen molar-refractivity contribution in [3.63, 3.8) is 0 Å². The molecule has 0 saturated carbocycles. The van der Waals surface area contributed by atoms with E-state index < -0.39 is 28.5 Å². The average molecular weight is 550 g/mol. The summed E-state index contributed by atoms with van der Waals surface area (Å²) in [5.74, 6) is -0.731. The van der Waals surface area contributed by atoms with Crippen molar-refractivity contribution in [2.75, 3.05) is 17.1 Å². The molecule has 1 N–H and O–H groups in total.